The molecule has 0 saturated heterocycles. The van der Waals surface area contributed by atoms with Gasteiger partial charge in [-0.15, -0.1) is 0 Å². The van der Waals surface area contributed by atoms with E-state index >= 15 is 0 Å². The normalized spacial score (nSPS) is 14.3. The molecule has 1 aliphatic rings. The van der Waals surface area contributed by atoms with E-state index in [1.807, 2.05) is 30.3 Å². The summed E-state index contributed by atoms with van der Waals surface area (Å²) in [6.45, 7) is 0. The third-order valence-corrected chi connectivity index (χ3v) is 5.61. The second-order valence-electron chi connectivity index (χ2n) is 7.76. The second kappa shape index (κ2) is 8.19. The minimum absolute atomic E-state index is 0.0548. The standard InChI is InChI=1S/C27H17F3N2O2/c28-27(29,30)19-12-7-13-20(16-19)31-24-23(18-9-2-1-3-10-18)25(33)32(26(24)34)22-15-6-11-17-8-4-5-14-21(17)22/h1-16,31H. The van der Waals surface area contributed by atoms with Crippen molar-refractivity contribution in [1.29, 1.82) is 0 Å². The van der Waals surface area contributed by atoms with Gasteiger partial charge in [0.25, 0.3) is 11.8 Å². The highest BCUT2D eigenvalue weighted by Crippen LogP contribution is 2.37. The lowest BCUT2D eigenvalue weighted by Crippen LogP contribution is -2.32. The molecule has 2 amide bonds. The molecule has 4 aromatic carbocycles. The predicted molar refractivity (Wildman–Crippen MR) is 125 cm³/mol. The second-order valence-corrected chi connectivity index (χ2v) is 7.76. The van der Waals surface area contributed by atoms with Crippen LogP contribution in [0.5, 0.6) is 0 Å². The van der Waals surface area contributed by atoms with E-state index in [4.69, 9.17) is 0 Å². The van der Waals surface area contributed by atoms with E-state index in [-0.39, 0.29) is 17.0 Å². The maximum Gasteiger partial charge on any atom is 0.416 e. The minimum Gasteiger partial charge on any atom is -0.350 e. The Balaban J connectivity index is 1.64. The molecule has 1 heterocycles. The Kier molecular flexibility index (Phi) is 5.17. The van der Waals surface area contributed by atoms with Crippen LogP contribution < -0.4 is 10.2 Å². The van der Waals surface area contributed by atoms with Crippen molar-refractivity contribution >= 4 is 39.5 Å². The van der Waals surface area contributed by atoms with E-state index in [1.54, 1.807) is 42.5 Å². The van der Waals surface area contributed by atoms with Crippen molar-refractivity contribution in [2.24, 2.45) is 0 Å². The molecule has 0 fully saturated rings. The smallest absolute Gasteiger partial charge is 0.350 e. The summed E-state index contributed by atoms with van der Waals surface area (Å²) in [5.41, 5.74) is 0.0982. The van der Waals surface area contributed by atoms with Gasteiger partial charge in [-0.05, 0) is 35.2 Å². The molecule has 7 heteroatoms. The van der Waals surface area contributed by atoms with Crippen molar-refractivity contribution < 1.29 is 22.8 Å². The Morgan fingerprint density at radius 1 is 0.706 bits per heavy atom. The van der Waals surface area contributed by atoms with Gasteiger partial charge in [0.2, 0.25) is 0 Å². The summed E-state index contributed by atoms with van der Waals surface area (Å²) in [4.78, 5) is 28.3. The molecule has 4 nitrogen and oxygen atoms in total. The van der Waals surface area contributed by atoms with Crippen molar-refractivity contribution in [3.63, 3.8) is 0 Å². The summed E-state index contributed by atoms with van der Waals surface area (Å²) in [5, 5.41) is 4.35. The molecule has 5 rings (SSSR count). The summed E-state index contributed by atoms with van der Waals surface area (Å²) in [6, 6.07) is 25.8. The van der Waals surface area contributed by atoms with Gasteiger partial charge in [0.15, 0.2) is 0 Å². The summed E-state index contributed by atoms with van der Waals surface area (Å²) < 4.78 is 39.7. The van der Waals surface area contributed by atoms with Gasteiger partial charge in [-0.2, -0.15) is 13.2 Å². The Morgan fingerprint density at radius 3 is 2.15 bits per heavy atom. The quantitative estimate of drug-likeness (QED) is 0.368. The summed E-state index contributed by atoms with van der Waals surface area (Å²) in [6.07, 6.45) is -4.54. The number of hydrogen-bond donors (Lipinski definition) is 1. The largest absolute Gasteiger partial charge is 0.416 e. The number of halogens is 3. The lowest BCUT2D eigenvalue weighted by atomic mass is 10.0. The molecule has 168 valence electrons. The molecule has 0 aromatic heterocycles. The number of carbonyl (C=O) groups excluding carboxylic acids is 2. The van der Waals surface area contributed by atoms with E-state index in [2.05, 4.69) is 5.32 Å². The summed E-state index contributed by atoms with van der Waals surface area (Å²) >= 11 is 0. The zero-order valence-corrected chi connectivity index (χ0v) is 17.6. The van der Waals surface area contributed by atoms with Gasteiger partial charge in [-0.1, -0.05) is 72.8 Å². The average molecular weight is 458 g/mol. The van der Waals surface area contributed by atoms with Crippen LogP contribution in [0.2, 0.25) is 0 Å². The highest BCUT2D eigenvalue weighted by atomic mass is 19.4. The van der Waals surface area contributed by atoms with Crippen molar-refractivity contribution in [1.82, 2.24) is 0 Å². The third-order valence-electron chi connectivity index (χ3n) is 5.61. The summed E-state index contributed by atoms with van der Waals surface area (Å²) in [5.74, 6) is -1.19. The Morgan fingerprint density at radius 2 is 1.38 bits per heavy atom. The molecule has 0 spiro atoms. The van der Waals surface area contributed by atoms with Crippen LogP contribution in [0.25, 0.3) is 16.3 Å². The predicted octanol–water partition coefficient (Wildman–Crippen LogP) is 6.26. The minimum atomic E-state index is -4.54. The Hall–Kier alpha value is -4.39. The molecule has 0 aliphatic carbocycles. The van der Waals surface area contributed by atoms with Crippen LogP contribution in [0.4, 0.5) is 24.5 Å². The van der Waals surface area contributed by atoms with Gasteiger partial charge in [0.05, 0.1) is 16.8 Å². The topological polar surface area (TPSA) is 49.4 Å². The first-order valence-corrected chi connectivity index (χ1v) is 10.4. The van der Waals surface area contributed by atoms with Gasteiger partial charge in [-0.25, -0.2) is 4.90 Å². The SMILES string of the molecule is O=C1C(Nc2cccc(C(F)(F)F)c2)=C(c2ccccc2)C(=O)N1c1cccc2ccccc12. The number of fused-ring (bicyclic) bond motifs is 1. The Bertz CT molecular complexity index is 1450. The lowest BCUT2D eigenvalue weighted by Gasteiger charge is -2.18. The maximum atomic E-state index is 13.6. The first kappa shape index (κ1) is 21.5. The maximum absolute atomic E-state index is 13.6. The van der Waals surface area contributed by atoms with Crippen molar-refractivity contribution in [2.75, 3.05) is 10.2 Å². The highest BCUT2D eigenvalue weighted by molar-refractivity contribution is 6.47. The number of imide groups is 1. The zero-order valence-electron chi connectivity index (χ0n) is 17.6. The van der Waals surface area contributed by atoms with Crippen LogP contribution in [0.15, 0.2) is 103 Å². The number of hydrogen-bond acceptors (Lipinski definition) is 3. The van der Waals surface area contributed by atoms with E-state index in [0.717, 1.165) is 22.4 Å². The fourth-order valence-electron chi connectivity index (χ4n) is 4.06. The van der Waals surface area contributed by atoms with Gasteiger partial charge < -0.3 is 5.32 Å². The first-order valence-electron chi connectivity index (χ1n) is 10.4. The number of nitrogens with zero attached hydrogens (tertiary/aromatic N) is 1. The van der Waals surface area contributed by atoms with Crippen molar-refractivity contribution in [3.05, 3.63) is 114 Å². The third kappa shape index (κ3) is 3.71. The van der Waals surface area contributed by atoms with Crippen molar-refractivity contribution in [3.8, 4) is 0 Å². The van der Waals surface area contributed by atoms with E-state index in [1.165, 1.54) is 12.1 Å². The Labute approximate surface area is 192 Å². The fraction of sp³-hybridized carbons (Fsp3) is 0.0370. The molecule has 1 N–H and O–H groups in total. The number of rotatable bonds is 4. The molecule has 4 aromatic rings. The van der Waals surface area contributed by atoms with Crippen LogP contribution in [-0.4, -0.2) is 11.8 Å². The average Bonchev–Trinajstić information content (AvgIpc) is 3.08. The van der Waals surface area contributed by atoms with Gasteiger partial charge >= 0.3 is 6.18 Å². The fourth-order valence-corrected chi connectivity index (χ4v) is 4.06. The first-order chi connectivity index (χ1) is 16.3. The van der Waals surface area contributed by atoms with Gasteiger partial charge in [0.1, 0.15) is 5.70 Å². The van der Waals surface area contributed by atoms with Crippen LogP contribution in [0.1, 0.15) is 11.1 Å². The van der Waals surface area contributed by atoms with E-state index in [0.29, 0.717) is 16.6 Å². The number of carbonyl (C=O) groups is 2. The number of nitrogens with one attached hydrogen (secondary N) is 1. The zero-order chi connectivity index (χ0) is 23.9. The lowest BCUT2D eigenvalue weighted by molar-refractivity contribution is -0.137. The molecule has 0 radical (unpaired) electrons. The molecule has 1 aliphatic heterocycles. The van der Waals surface area contributed by atoms with Gasteiger partial charge in [-0.3, -0.25) is 9.59 Å². The van der Waals surface area contributed by atoms with Crippen LogP contribution in [0.3, 0.4) is 0 Å². The van der Waals surface area contributed by atoms with E-state index < -0.39 is 23.6 Å². The van der Waals surface area contributed by atoms with E-state index in [9.17, 15) is 22.8 Å². The molecule has 34 heavy (non-hydrogen) atoms. The summed E-state index contributed by atoms with van der Waals surface area (Å²) in [7, 11) is 0. The molecule has 0 saturated carbocycles. The number of anilines is 2. The molecule has 0 bridgehead atoms. The highest BCUT2D eigenvalue weighted by Gasteiger charge is 2.41. The van der Waals surface area contributed by atoms with Crippen molar-refractivity contribution in [2.45, 2.75) is 6.18 Å². The van der Waals surface area contributed by atoms with Crippen LogP contribution in [0, 0.1) is 0 Å². The molecular weight excluding hydrogens is 441 g/mol. The van der Waals surface area contributed by atoms with Gasteiger partial charge in [0, 0.05) is 11.1 Å². The molecule has 0 unspecified atom stereocenters. The van der Waals surface area contributed by atoms with Crippen LogP contribution in [-0.2, 0) is 15.8 Å². The number of alkyl halides is 3. The number of amides is 2. The van der Waals surface area contributed by atoms with Crippen LogP contribution >= 0.6 is 0 Å². The number of benzene rings is 4. The monoisotopic (exact) mass is 458 g/mol. The molecular formula is C27H17F3N2O2. The molecule has 0 atom stereocenters.